The number of nitrogen functional groups attached to an aromatic ring is 1. The Balaban J connectivity index is 0.000000150. The first-order chi connectivity index (χ1) is 5.79. The number of aliphatic imine (C=N–C) groups is 1. The lowest BCUT2D eigenvalue weighted by molar-refractivity contribution is 1.47. The summed E-state index contributed by atoms with van der Waals surface area (Å²) in [4.78, 5) is 3.61. The second-order valence-corrected chi connectivity index (χ2v) is 2.55. The molecule has 12 heavy (non-hydrogen) atoms. The van der Waals surface area contributed by atoms with Gasteiger partial charge in [-0.25, -0.2) is 0 Å². The Labute approximate surface area is 72.4 Å². The molecule has 2 N–H and O–H groups in total. The van der Waals surface area contributed by atoms with Crippen molar-refractivity contribution in [2.75, 3.05) is 5.73 Å². The van der Waals surface area contributed by atoms with Crippen LogP contribution in [-0.4, -0.2) is 6.21 Å². The van der Waals surface area contributed by atoms with Crippen molar-refractivity contribution in [3.8, 4) is 0 Å². The summed E-state index contributed by atoms with van der Waals surface area (Å²) in [7, 11) is 0. The number of allylic oxidation sites excluding steroid dienone is 1. The molecule has 0 bridgehead atoms. The number of nitrogens with zero attached hydrogens (tertiary/aromatic N) is 1. The summed E-state index contributed by atoms with van der Waals surface area (Å²) in [5.74, 6) is 0. The summed E-state index contributed by atoms with van der Waals surface area (Å²) in [6.07, 6.45) is 5.39. The molecule has 0 spiro atoms. The molecule has 62 valence electrons. The van der Waals surface area contributed by atoms with E-state index in [9.17, 15) is 0 Å². The van der Waals surface area contributed by atoms with Crippen LogP contribution in [0.5, 0.6) is 0 Å². The van der Waals surface area contributed by atoms with E-state index >= 15 is 0 Å². The molecule has 1 aliphatic heterocycles. The largest absolute Gasteiger partial charge is 0.399 e. The maximum atomic E-state index is 5.46. The molecule has 0 aromatic heterocycles. The molecule has 2 nitrogen and oxygen atoms in total. The van der Waals surface area contributed by atoms with Gasteiger partial charge in [0.25, 0.3) is 0 Å². The van der Waals surface area contributed by atoms with Crippen molar-refractivity contribution in [3.63, 3.8) is 0 Å². The normalized spacial score (nSPS) is 11.4. The number of aryl methyl sites for hydroxylation is 1. The molecule has 0 atom stereocenters. The highest BCUT2D eigenvalue weighted by Crippen LogP contribution is 2.03. The van der Waals surface area contributed by atoms with Crippen molar-refractivity contribution in [2.45, 2.75) is 6.92 Å². The molecule has 1 aromatic rings. The molecule has 0 amide bonds. The summed E-state index contributed by atoms with van der Waals surface area (Å²) >= 11 is 0. The van der Waals surface area contributed by atoms with Gasteiger partial charge in [-0.2, -0.15) is 0 Å². The first-order valence-corrected chi connectivity index (χ1v) is 3.79. The SMILES string of the molecule is C1=CN=C1.Cc1cccc(N)c1. The predicted molar refractivity (Wildman–Crippen MR) is 53.2 cm³/mol. The van der Waals surface area contributed by atoms with Gasteiger partial charge in [0.1, 0.15) is 0 Å². The van der Waals surface area contributed by atoms with Gasteiger partial charge in [0.15, 0.2) is 0 Å². The molecular formula is C10H12N2. The average molecular weight is 160 g/mol. The topological polar surface area (TPSA) is 38.4 Å². The van der Waals surface area contributed by atoms with Gasteiger partial charge in [-0.15, -0.1) is 0 Å². The Kier molecular flexibility index (Phi) is 3.08. The molecular weight excluding hydrogens is 148 g/mol. The van der Waals surface area contributed by atoms with Crippen LogP contribution in [0, 0.1) is 6.92 Å². The van der Waals surface area contributed by atoms with E-state index in [4.69, 9.17) is 5.73 Å². The third-order valence-electron chi connectivity index (χ3n) is 1.39. The number of rotatable bonds is 0. The van der Waals surface area contributed by atoms with Crippen LogP contribution in [0.25, 0.3) is 0 Å². The van der Waals surface area contributed by atoms with E-state index in [0.29, 0.717) is 0 Å². The van der Waals surface area contributed by atoms with Crippen molar-refractivity contribution in [2.24, 2.45) is 4.99 Å². The van der Waals surface area contributed by atoms with E-state index < -0.39 is 0 Å². The van der Waals surface area contributed by atoms with Crippen molar-refractivity contribution in [1.82, 2.24) is 0 Å². The van der Waals surface area contributed by atoms with Crippen LogP contribution in [0.15, 0.2) is 41.5 Å². The smallest absolute Gasteiger partial charge is 0.0316 e. The zero-order chi connectivity index (χ0) is 8.81. The third kappa shape index (κ3) is 3.01. The van der Waals surface area contributed by atoms with Crippen LogP contribution >= 0.6 is 0 Å². The van der Waals surface area contributed by atoms with Crippen LogP contribution in [0.2, 0.25) is 0 Å². The minimum Gasteiger partial charge on any atom is -0.399 e. The summed E-state index contributed by atoms with van der Waals surface area (Å²) in [5, 5.41) is 0. The Morgan fingerprint density at radius 1 is 1.33 bits per heavy atom. The van der Waals surface area contributed by atoms with E-state index in [0.717, 1.165) is 5.69 Å². The van der Waals surface area contributed by atoms with Crippen LogP contribution in [-0.2, 0) is 0 Å². The lowest BCUT2D eigenvalue weighted by Crippen LogP contribution is -1.82. The lowest BCUT2D eigenvalue weighted by atomic mass is 10.2. The standard InChI is InChI=1S/C7H9N.C3H3N/c1-6-3-2-4-7(8)5-6;1-2-4-3-1/h2-5H,8H2,1H3;1-3H. The van der Waals surface area contributed by atoms with Crippen molar-refractivity contribution in [1.29, 1.82) is 0 Å². The van der Waals surface area contributed by atoms with E-state index in [1.807, 2.05) is 37.3 Å². The highest BCUT2D eigenvalue weighted by atomic mass is 14.7. The highest BCUT2D eigenvalue weighted by molar-refractivity contribution is 5.76. The second-order valence-electron chi connectivity index (χ2n) is 2.55. The zero-order valence-corrected chi connectivity index (χ0v) is 7.07. The molecule has 0 fully saturated rings. The van der Waals surface area contributed by atoms with Crippen LogP contribution < -0.4 is 5.73 Å². The molecule has 0 unspecified atom stereocenters. The molecule has 0 aliphatic carbocycles. The molecule has 2 heteroatoms. The number of hydrogen-bond donors (Lipinski definition) is 1. The zero-order valence-electron chi connectivity index (χ0n) is 7.07. The van der Waals surface area contributed by atoms with Gasteiger partial charge in [-0.1, -0.05) is 12.1 Å². The summed E-state index contributed by atoms with van der Waals surface area (Å²) in [6.45, 7) is 2.02. The Morgan fingerprint density at radius 2 is 1.92 bits per heavy atom. The van der Waals surface area contributed by atoms with Crippen molar-refractivity contribution in [3.05, 3.63) is 42.1 Å². The van der Waals surface area contributed by atoms with Crippen molar-refractivity contribution < 1.29 is 0 Å². The predicted octanol–water partition coefficient (Wildman–Crippen LogP) is 2.16. The fourth-order valence-corrected chi connectivity index (χ4v) is 0.756. The van der Waals surface area contributed by atoms with Gasteiger partial charge in [0.05, 0.1) is 0 Å². The number of anilines is 1. The van der Waals surface area contributed by atoms with Crippen LogP contribution in [0.1, 0.15) is 5.56 Å². The molecule has 0 radical (unpaired) electrons. The van der Waals surface area contributed by atoms with Gasteiger partial charge in [-0.05, 0) is 30.7 Å². The highest BCUT2D eigenvalue weighted by Gasteiger charge is 1.81. The van der Waals surface area contributed by atoms with Gasteiger partial charge in [0.2, 0.25) is 0 Å². The van der Waals surface area contributed by atoms with Gasteiger partial charge < -0.3 is 5.73 Å². The van der Waals surface area contributed by atoms with Gasteiger partial charge in [0, 0.05) is 18.1 Å². The van der Waals surface area contributed by atoms with Crippen LogP contribution in [0.4, 0.5) is 5.69 Å². The minimum atomic E-state index is 0.838. The van der Waals surface area contributed by atoms with E-state index in [1.165, 1.54) is 5.56 Å². The number of nitrogens with two attached hydrogens (primary N) is 1. The molecule has 1 aliphatic rings. The Bertz CT molecular complexity index is 265. The number of benzene rings is 1. The fourth-order valence-electron chi connectivity index (χ4n) is 0.756. The third-order valence-corrected chi connectivity index (χ3v) is 1.39. The average Bonchev–Trinajstić information content (AvgIpc) is 1.81. The fraction of sp³-hybridized carbons (Fsp3) is 0.100. The molecule has 0 saturated heterocycles. The Morgan fingerprint density at radius 3 is 2.17 bits per heavy atom. The van der Waals surface area contributed by atoms with Crippen molar-refractivity contribution >= 4 is 11.9 Å². The first kappa shape index (κ1) is 8.53. The van der Waals surface area contributed by atoms with Gasteiger partial charge in [-0.3, -0.25) is 4.99 Å². The molecule has 0 saturated carbocycles. The Hall–Kier alpha value is -1.57. The maximum Gasteiger partial charge on any atom is 0.0316 e. The summed E-state index contributed by atoms with van der Waals surface area (Å²) < 4.78 is 0. The van der Waals surface area contributed by atoms with E-state index in [1.54, 1.807) is 12.4 Å². The quantitative estimate of drug-likeness (QED) is 0.580. The monoisotopic (exact) mass is 160 g/mol. The summed E-state index contributed by atoms with van der Waals surface area (Å²) in [6, 6.07) is 7.80. The minimum absolute atomic E-state index is 0.838. The molecule has 1 aromatic carbocycles. The maximum absolute atomic E-state index is 5.46. The summed E-state index contributed by atoms with van der Waals surface area (Å²) in [5.41, 5.74) is 7.51. The number of hydrogen-bond acceptors (Lipinski definition) is 2. The first-order valence-electron chi connectivity index (χ1n) is 3.79. The van der Waals surface area contributed by atoms with Crippen LogP contribution in [0.3, 0.4) is 0 Å². The molecule has 2 rings (SSSR count). The second kappa shape index (κ2) is 4.34. The van der Waals surface area contributed by atoms with Gasteiger partial charge >= 0.3 is 0 Å². The van der Waals surface area contributed by atoms with E-state index in [-0.39, 0.29) is 0 Å². The lowest BCUT2D eigenvalue weighted by Gasteiger charge is -1.91. The van der Waals surface area contributed by atoms with E-state index in [2.05, 4.69) is 4.99 Å². The molecule has 1 heterocycles.